The summed E-state index contributed by atoms with van der Waals surface area (Å²) in [7, 11) is 1.56. The third kappa shape index (κ3) is 2.93. The van der Waals surface area contributed by atoms with E-state index in [2.05, 4.69) is 5.32 Å². The van der Waals surface area contributed by atoms with Gasteiger partial charge in [-0.1, -0.05) is 0 Å². The molecular formula is C17H17NO5. The van der Waals surface area contributed by atoms with E-state index in [1.54, 1.807) is 44.4 Å². The molecule has 1 amide bonds. The van der Waals surface area contributed by atoms with Crippen LogP contribution in [-0.4, -0.2) is 24.7 Å². The Balaban J connectivity index is 1.81. The number of hydrogen-bond donors (Lipinski definition) is 2. The molecular weight excluding hydrogens is 298 g/mol. The Morgan fingerprint density at radius 2 is 2.22 bits per heavy atom. The van der Waals surface area contributed by atoms with Crippen LogP contribution in [0.25, 0.3) is 11.0 Å². The maximum Gasteiger partial charge on any atom is 0.255 e. The first-order chi connectivity index (χ1) is 11.1. The van der Waals surface area contributed by atoms with Crippen LogP contribution in [0.2, 0.25) is 0 Å². The Hall–Kier alpha value is -2.73. The molecule has 0 aliphatic rings. The molecule has 0 saturated heterocycles. The molecule has 1 aromatic carbocycles. The summed E-state index contributed by atoms with van der Waals surface area (Å²) in [5.41, 5.74) is 1.05. The van der Waals surface area contributed by atoms with Crippen LogP contribution in [0.1, 0.15) is 28.0 Å². The van der Waals surface area contributed by atoms with E-state index in [1.807, 2.05) is 0 Å². The highest BCUT2D eigenvalue weighted by molar-refractivity contribution is 6.07. The van der Waals surface area contributed by atoms with Crippen molar-refractivity contribution in [1.82, 2.24) is 5.32 Å². The van der Waals surface area contributed by atoms with Crippen molar-refractivity contribution in [2.75, 3.05) is 13.7 Å². The number of aliphatic hydroxyl groups excluding tert-OH is 1. The zero-order valence-electron chi connectivity index (χ0n) is 12.8. The van der Waals surface area contributed by atoms with Gasteiger partial charge in [0.1, 0.15) is 29.0 Å². The van der Waals surface area contributed by atoms with Crippen LogP contribution in [0.15, 0.2) is 45.4 Å². The summed E-state index contributed by atoms with van der Waals surface area (Å²) in [6.45, 7) is 1.77. The lowest BCUT2D eigenvalue weighted by molar-refractivity contribution is 0.0901. The molecule has 0 fully saturated rings. The van der Waals surface area contributed by atoms with Crippen molar-refractivity contribution in [3.63, 3.8) is 0 Å². The minimum atomic E-state index is -0.901. The van der Waals surface area contributed by atoms with E-state index in [1.165, 1.54) is 6.26 Å². The third-order valence-electron chi connectivity index (χ3n) is 3.63. The molecule has 3 rings (SSSR count). The number of ether oxygens (including phenoxy) is 1. The minimum Gasteiger partial charge on any atom is -0.497 e. The Morgan fingerprint density at radius 1 is 1.39 bits per heavy atom. The molecule has 6 heteroatoms. The maximum atomic E-state index is 12.5. The fraction of sp³-hybridized carbons (Fsp3) is 0.235. The highest BCUT2D eigenvalue weighted by Crippen LogP contribution is 2.29. The molecule has 3 aromatic rings. The van der Waals surface area contributed by atoms with Crippen LogP contribution in [0.4, 0.5) is 0 Å². The molecule has 1 unspecified atom stereocenters. The van der Waals surface area contributed by atoms with Crippen molar-refractivity contribution in [3.05, 3.63) is 53.7 Å². The van der Waals surface area contributed by atoms with Crippen molar-refractivity contribution in [1.29, 1.82) is 0 Å². The molecule has 0 bridgehead atoms. The van der Waals surface area contributed by atoms with Crippen LogP contribution in [-0.2, 0) is 0 Å². The van der Waals surface area contributed by atoms with Gasteiger partial charge in [0.25, 0.3) is 5.91 Å². The van der Waals surface area contributed by atoms with E-state index < -0.39 is 6.10 Å². The Morgan fingerprint density at radius 3 is 2.91 bits per heavy atom. The van der Waals surface area contributed by atoms with Crippen LogP contribution in [0, 0.1) is 6.92 Å². The van der Waals surface area contributed by atoms with Gasteiger partial charge in [0, 0.05) is 5.39 Å². The molecule has 0 aliphatic carbocycles. The highest BCUT2D eigenvalue weighted by Gasteiger charge is 2.20. The predicted octanol–water partition coefficient (Wildman–Crippen LogP) is 2.81. The quantitative estimate of drug-likeness (QED) is 0.756. The average Bonchev–Trinajstić information content (AvgIpc) is 3.18. The van der Waals surface area contributed by atoms with Gasteiger partial charge in [-0.2, -0.15) is 0 Å². The van der Waals surface area contributed by atoms with E-state index in [-0.39, 0.29) is 12.5 Å². The molecule has 1 atom stereocenters. The van der Waals surface area contributed by atoms with Crippen LogP contribution in [0.5, 0.6) is 5.75 Å². The zero-order chi connectivity index (χ0) is 16.4. The normalized spacial score (nSPS) is 12.3. The number of carbonyl (C=O) groups is 1. The molecule has 23 heavy (non-hydrogen) atoms. The van der Waals surface area contributed by atoms with Crippen molar-refractivity contribution >= 4 is 16.9 Å². The number of nitrogens with one attached hydrogen (secondary N) is 1. The Kier molecular flexibility index (Phi) is 4.08. The zero-order valence-corrected chi connectivity index (χ0v) is 12.8. The SMILES string of the molecule is COc1ccc2oc(C)c(C(=O)NCC(O)c3ccco3)c2c1. The number of aliphatic hydroxyl groups is 1. The maximum absolute atomic E-state index is 12.5. The average molecular weight is 315 g/mol. The second-order valence-corrected chi connectivity index (χ2v) is 5.14. The molecule has 6 nitrogen and oxygen atoms in total. The van der Waals surface area contributed by atoms with Gasteiger partial charge in [-0.25, -0.2) is 0 Å². The fourth-order valence-corrected chi connectivity index (χ4v) is 2.47. The summed E-state index contributed by atoms with van der Waals surface area (Å²) in [5.74, 6) is 1.24. The van der Waals surface area contributed by atoms with E-state index in [9.17, 15) is 9.90 Å². The number of furan rings is 2. The van der Waals surface area contributed by atoms with Crippen molar-refractivity contribution in [2.24, 2.45) is 0 Å². The van der Waals surface area contributed by atoms with Gasteiger partial charge in [-0.3, -0.25) is 4.79 Å². The standard InChI is InChI=1S/C17H17NO5/c1-10-16(12-8-11(21-2)5-6-14(12)23-10)17(20)18-9-13(19)15-4-3-7-22-15/h3-8,13,19H,9H2,1-2H3,(H,18,20). The number of fused-ring (bicyclic) bond motifs is 1. The molecule has 0 radical (unpaired) electrons. The summed E-state index contributed by atoms with van der Waals surface area (Å²) in [6, 6.07) is 8.62. The molecule has 0 saturated carbocycles. The molecule has 2 aromatic heterocycles. The molecule has 0 spiro atoms. The van der Waals surface area contributed by atoms with E-state index in [0.717, 1.165) is 0 Å². The number of methoxy groups -OCH3 is 1. The highest BCUT2D eigenvalue weighted by atomic mass is 16.5. The first-order valence-corrected chi connectivity index (χ1v) is 7.17. The van der Waals surface area contributed by atoms with Crippen LogP contribution in [0.3, 0.4) is 0 Å². The number of amides is 1. The van der Waals surface area contributed by atoms with Gasteiger partial charge >= 0.3 is 0 Å². The molecule has 2 heterocycles. The lowest BCUT2D eigenvalue weighted by Gasteiger charge is -2.09. The predicted molar refractivity (Wildman–Crippen MR) is 83.5 cm³/mol. The number of carbonyl (C=O) groups excluding carboxylic acids is 1. The number of aryl methyl sites for hydroxylation is 1. The number of rotatable bonds is 5. The van der Waals surface area contributed by atoms with E-state index >= 15 is 0 Å². The van der Waals surface area contributed by atoms with Gasteiger partial charge in [-0.05, 0) is 37.3 Å². The fourth-order valence-electron chi connectivity index (χ4n) is 2.47. The van der Waals surface area contributed by atoms with E-state index in [4.69, 9.17) is 13.6 Å². The Labute approximate surface area is 132 Å². The third-order valence-corrected chi connectivity index (χ3v) is 3.63. The summed E-state index contributed by atoms with van der Waals surface area (Å²) < 4.78 is 15.9. The van der Waals surface area contributed by atoms with Gasteiger partial charge in [0.05, 0.1) is 25.5 Å². The van der Waals surface area contributed by atoms with Gasteiger partial charge in [-0.15, -0.1) is 0 Å². The number of hydrogen-bond acceptors (Lipinski definition) is 5. The topological polar surface area (TPSA) is 84.8 Å². The molecule has 2 N–H and O–H groups in total. The largest absolute Gasteiger partial charge is 0.497 e. The van der Waals surface area contributed by atoms with Gasteiger partial charge in [0.15, 0.2) is 0 Å². The monoisotopic (exact) mass is 315 g/mol. The van der Waals surface area contributed by atoms with Crippen LogP contribution < -0.4 is 10.1 Å². The lowest BCUT2D eigenvalue weighted by atomic mass is 10.1. The summed E-state index contributed by atoms with van der Waals surface area (Å²) in [5, 5.41) is 13.3. The van der Waals surface area contributed by atoms with Crippen molar-refractivity contribution < 1.29 is 23.5 Å². The first kappa shape index (κ1) is 15.2. The van der Waals surface area contributed by atoms with Crippen molar-refractivity contribution in [3.8, 4) is 5.75 Å². The summed E-state index contributed by atoms with van der Waals surface area (Å²) in [4.78, 5) is 12.5. The molecule has 0 aliphatic heterocycles. The van der Waals surface area contributed by atoms with E-state index in [0.29, 0.717) is 33.8 Å². The molecule has 120 valence electrons. The van der Waals surface area contributed by atoms with Crippen molar-refractivity contribution in [2.45, 2.75) is 13.0 Å². The second kappa shape index (κ2) is 6.18. The van der Waals surface area contributed by atoms with Gasteiger partial charge in [0.2, 0.25) is 0 Å². The smallest absolute Gasteiger partial charge is 0.255 e. The van der Waals surface area contributed by atoms with Crippen LogP contribution >= 0.6 is 0 Å². The summed E-state index contributed by atoms with van der Waals surface area (Å²) >= 11 is 0. The Bertz CT molecular complexity index is 819. The lowest BCUT2D eigenvalue weighted by Crippen LogP contribution is -2.28. The number of benzene rings is 1. The summed E-state index contributed by atoms with van der Waals surface area (Å²) in [6.07, 6.45) is 0.572. The minimum absolute atomic E-state index is 0.0441. The first-order valence-electron chi connectivity index (χ1n) is 7.17. The second-order valence-electron chi connectivity index (χ2n) is 5.14. The van der Waals surface area contributed by atoms with Gasteiger partial charge < -0.3 is 24.0 Å².